The summed E-state index contributed by atoms with van der Waals surface area (Å²) in [4.78, 5) is 35.6. The Morgan fingerprint density at radius 3 is 2.00 bits per heavy atom. The van der Waals surface area contributed by atoms with Crippen molar-refractivity contribution in [2.24, 2.45) is 0 Å². The van der Waals surface area contributed by atoms with Crippen LogP contribution in [-0.4, -0.2) is 36.8 Å². The Morgan fingerprint density at radius 1 is 1.00 bits per heavy atom. The van der Waals surface area contributed by atoms with Crippen LogP contribution in [0.1, 0.15) is 32.3 Å². The van der Waals surface area contributed by atoms with E-state index in [1.165, 1.54) is 30.9 Å². The van der Waals surface area contributed by atoms with Gasteiger partial charge in [0.05, 0.1) is 5.92 Å². The van der Waals surface area contributed by atoms with Crippen LogP contribution >= 0.6 is 0 Å². The van der Waals surface area contributed by atoms with Crippen LogP contribution < -0.4 is 9.47 Å². The van der Waals surface area contributed by atoms with Crippen LogP contribution in [0.3, 0.4) is 0 Å². The molecule has 1 unspecified atom stereocenters. The van der Waals surface area contributed by atoms with Gasteiger partial charge >= 0.3 is 11.9 Å². The second-order valence-corrected chi connectivity index (χ2v) is 4.85. The molecule has 0 bridgehead atoms. The van der Waals surface area contributed by atoms with Gasteiger partial charge in [-0.25, -0.2) is 0 Å². The first-order chi connectivity index (χ1) is 9.72. The van der Waals surface area contributed by atoms with Gasteiger partial charge in [-0.2, -0.15) is 0 Å². The average molecular weight is 293 g/mol. The normalized spacial score (nSPS) is 11.5. The summed E-state index contributed by atoms with van der Waals surface area (Å²) in [5.74, 6) is -1.27. The van der Waals surface area contributed by atoms with Crippen molar-refractivity contribution in [3.8, 4) is 11.5 Å². The Kier molecular flexibility index (Phi) is 5.46. The predicted molar refractivity (Wildman–Crippen MR) is 76.2 cm³/mol. The number of hydrogen-bond acceptors (Lipinski definition) is 5. The number of nitrogens with zero attached hydrogens (tertiary/aromatic N) is 1. The molecular weight excluding hydrogens is 274 g/mol. The molecule has 6 heteroatoms. The Bertz CT molecular complexity index is 565. The van der Waals surface area contributed by atoms with E-state index >= 15 is 0 Å². The zero-order chi connectivity index (χ0) is 16.2. The molecule has 1 amide bonds. The van der Waals surface area contributed by atoms with Gasteiger partial charge in [-0.3, -0.25) is 14.4 Å². The SMILES string of the molecule is CC(=O)Oc1ccc(C(C)C(=O)N(C)C)cc1OC(C)=O. The molecule has 0 fully saturated rings. The largest absolute Gasteiger partial charge is 0.423 e. The summed E-state index contributed by atoms with van der Waals surface area (Å²) in [6.45, 7) is 4.25. The molecule has 0 aliphatic rings. The zero-order valence-corrected chi connectivity index (χ0v) is 12.8. The summed E-state index contributed by atoms with van der Waals surface area (Å²) >= 11 is 0. The summed E-state index contributed by atoms with van der Waals surface area (Å²) < 4.78 is 10.0. The van der Waals surface area contributed by atoms with Gasteiger partial charge in [0.1, 0.15) is 0 Å². The fourth-order valence-electron chi connectivity index (χ4n) is 1.80. The molecule has 0 spiro atoms. The van der Waals surface area contributed by atoms with Gasteiger partial charge in [-0.05, 0) is 24.6 Å². The quantitative estimate of drug-likeness (QED) is 0.624. The van der Waals surface area contributed by atoms with Crippen molar-refractivity contribution in [2.75, 3.05) is 14.1 Å². The van der Waals surface area contributed by atoms with Crippen molar-refractivity contribution >= 4 is 17.8 Å². The highest BCUT2D eigenvalue weighted by atomic mass is 16.6. The molecule has 114 valence electrons. The maximum atomic E-state index is 12.0. The van der Waals surface area contributed by atoms with Gasteiger partial charge < -0.3 is 14.4 Å². The second-order valence-electron chi connectivity index (χ2n) is 4.85. The van der Waals surface area contributed by atoms with E-state index in [-0.39, 0.29) is 17.4 Å². The first-order valence-electron chi connectivity index (χ1n) is 6.44. The Hall–Kier alpha value is -2.37. The smallest absolute Gasteiger partial charge is 0.308 e. The first-order valence-corrected chi connectivity index (χ1v) is 6.44. The summed E-state index contributed by atoms with van der Waals surface area (Å²) in [5.41, 5.74) is 0.667. The Balaban J connectivity index is 3.17. The minimum Gasteiger partial charge on any atom is -0.423 e. The molecule has 0 saturated heterocycles. The highest BCUT2D eigenvalue weighted by molar-refractivity contribution is 5.83. The number of esters is 2. The number of amides is 1. The zero-order valence-electron chi connectivity index (χ0n) is 12.8. The van der Waals surface area contributed by atoms with Crippen LogP contribution in [0.25, 0.3) is 0 Å². The number of likely N-dealkylation sites (N-methyl/N-ethyl adjacent to an activating group) is 1. The number of carbonyl (C=O) groups excluding carboxylic acids is 3. The third-order valence-corrected chi connectivity index (χ3v) is 2.79. The van der Waals surface area contributed by atoms with Gasteiger partial charge in [0.2, 0.25) is 5.91 Å². The minimum absolute atomic E-state index is 0.0796. The minimum atomic E-state index is -0.535. The van der Waals surface area contributed by atoms with Crippen LogP contribution in [0.2, 0.25) is 0 Å². The molecule has 1 atom stereocenters. The lowest BCUT2D eigenvalue weighted by Crippen LogP contribution is -2.26. The van der Waals surface area contributed by atoms with Crippen LogP contribution in [0.4, 0.5) is 0 Å². The van der Waals surface area contributed by atoms with Crippen molar-refractivity contribution in [2.45, 2.75) is 26.7 Å². The predicted octanol–water partition coefficient (Wildman–Crippen LogP) is 1.73. The topological polar surface area (TPSA) is 72.9 Å². The maximum absolute atomic E-state index is 12.0. The van der Waals surface area contributed by atoms with Crippen molar-refractivity contribution < 1.29 is 23.9 Å². The Labute approximate surface area is 123 Å². The van der Waals surface area contributed by atoms with E-state index in [0.717, 1.165) is 0 Å². The third kappa shape index (κ3) is 4.59. The summed E-state index contributed by atoms with van der Waals surface area (Å²) in [7, 11) is 3.33. The first kappa shape index (κ1) is 16.7. The van der Waals surface area contributed by atoms with Crippen LogP contribution in [-0.2, 0) is 14.4 Å². The highest BCUT2D eigenvalue weighted by Crippen LogP contribution is 2.32. The van der Waals surface area contributed by atoms with E-state index in [1.807, 2.05) is 0 Å². The molecule has 0 aromatic heterocycles. The van der Waals surface area contributed by atoms with E-state index < -0.39 is 17.9 Å². The molecular formula is C15H19NO5. The van der Waals surface area contributed by atoms with Gasteiger partial charge in [0.15, 0.2) is 11.5 Å². The molecule has 1 aromatic rings. The fourth-order valence-corrected chi connectivity index (χ4v) is 1.80. The molecule has 0 heterocycles. The molecule has 1 aromatic carbocycles. The van der Waals surface area contributed by atoms with E-state index in [4.69, 9.17) is 9.47 Å². The van der Waals surface area contributed by atoms with Crippen molar-refractivity contribution in [1.29, 1.82) is 0 Å². The van der Waals surface area contributed by atoms with Gasteiger partial charge in [-0.15, -0.1) is 0 Å². The summed E-state index contributed by atoms with van der Waals surface area (Å²) in [5, 5.41) is 0. The van der Waals surface area contributed by atoms with Crippen LogP contribution in [0.15, 0.2) is 18.2 Å². The molecule has 6 nitrogen and oxygen atoms in total. The second kappa shape index (κ2) is 6.88. The monoisotopic (exact) mass is 293 g/mol. The lowest BCUT2D eigenvalue weighted by atomic mass is 9.99. The van der Waals surface area contributed by atoms with Crippen LogP contribution in [0.5, 0.6) is 11.5 Å². The van der Waals surface area contributed by atoms with Crippen LogP contribution in [0, 0.1) is 0 Å². The molecule has 1 rings (SSSR count). The molecule has 0 aliphatic carbocycles. The Morgan fingerprint density at radius 2 is 1.52 bits per heavy atom. The summed E-state index contributed by atoms with van der Waals surface area (Å²) in [6, 6.07) is 4.71. The average Bonchev–Trinajstić information content (AvgIpc) is 2.37. The number of benzene rings is 1. The molecule has 21 heavy (non-hydrogen) atoms. The van der Waals surface area contributed by atoms with Gasteiger partial charge in [0, 0.05) is 27.9 Å². The van der Waals surface area contributed by atoms with Gasteiger partial charge in [-0.1, -0.05) is 6.07 Å². The fraction of sp³-hybridized carbons (Fsp3) is 0.400. The van der Waals surface area contributed by atoms with Crippen molar-refractivity contribution in [1.82, 2.24) is 4.90 Å². The lowest BCUT2D eigenvalue weighted by molar-refractivity contribution is -0.134. The van der Waals surface area contributed by atoms with E-state index in [1.54, 1.807) is 27.1 Å². The summed E-state index contributed by atoms with van der Waals surface area (Å²) in [6.07, 6.45) is 0. The standard InChI is InChI=1S/C15H19NO5/c1-9(15(19)16(4)5)12-6-7-13(20-10(2)17)14(8-12)21-11(3)18/h6-9H,1-5H3. The molecule has 0 aliphatic heterocycles. The number of ether oxygens (including phenoxy) is 2. The molecule has 0 saturated carbocycles. The van der Waals surface area contributed by atoms with E-state index in [9.17, 15) is 14.4 Å². The number of carbonyl (C=O) groups is 3. The lowest BCUT2D eigenvalue weighted by Gasteiger charge is -2.18. The van der Waals surface area contributed by atoms with Crippen molar-refractivity contribution in [3.63, 3.8) is 0 Å². The molecule has 0 radical (unpaired) electrons. The maximum Gasteiger partial charge on any atom is 0.308 e. The van der Waals surface area contributed by atoms with E-state index in [2.05, 4.69) is 0 Å². The molecule has 0 N–H and O–H groups in total. The van der Waals surface area contributed by atoms with E-state index in [0.29, 0.717) is 5.56 Å². The van der Waals surface area contributed by atoms with Gasteiger partial charge in [0.25, 0.3) is 0 Å². The third-order valence-electron chi connectivity index (χ3n) is 2.79. The number of hydrogen-bond donors (Lipinski definition) is 0. The highest BCUT2D eigenvalue weighted by Gasteiger charge is 2.20. The number of rotatable bonds is 4. The van der Waals surface area contributed by atoms with Crippen molar-refractivity contribution in [3.05, 3.63) is 23.8 Å².